The van der Waals surface area contributed by atoms with Crippen molar-refractivity contribution in [1.82, 2.24) is 15.2 Å². The van der Waals surface area contributed by atoms with Gasteiger partial charge >= 0.3 is 12.0 Å². The molecule has 1 aliphatic heterocycles. The van der Waals surface area contributed by atoms with Gasteiger partial charge in [0.1, 0.15) is 0 Å². The molecule has 0 bridgehead atoms. The number of urea groups is 1. The fourth-order valence-corrected chi connectivity index (χ4v) is 2.20. The molecule has 0 spiro atoms. The second-order valence-corrected chi connectivity index (χ2v) is 5.17. The molecule has 1 saturated heterocycles. The summed E-state index contributed by atoms with van der Waals surface area (Å²) in [6, 6.07) is 2.79. The van der Waals surface area contributed by atoms with Crippen molar-refractivity contribution in [2.24, 2.45) is 5.92 Å². The third-order valence-corrected chi connectivity index (χ3v) is 3.56. The number of hydrogen-bond acceptors (Lipinski definition) is 3. The molecule has 6 heteroatoms. The minimum absolute atomic E-state index is 0.112. The smallest absolute Gasteiger partial charge is 0.335 e. The molecule has 1 aromatic rings. The number of aromatic nitrogens is 1. The van der Waals surface area contributed by atoms with Gasteiger partial charge in [-0.05, 0) is 30.9 Å². The van der Waals surface area contributed by atoms with Gasteiger partial charge in [-0.1, -0.05) is 6.92 Å². The minimum atomic E-state index is -0.995. The van der Waals surface area contributed by atoms with Crippen molar-refractivity contribution in [2.75, 3.05) is 13.1 Å². The highest BCUT2D eigenvalue weighted by atomic mass is 16.4. The Hall–Kier alpha value is -2.11. The van der Waals surface area contributed by atoms with Gasteiger partial charge in [0.25, 0.3) is 0 Å². The molecule has 0 unspecified atom stereocenters. The van der Waals surface area contributed by atoms with E-state index in [9.17, 15) is 9.59 Å². The standard InChI is InChI=1S/C14H19N3O3/c1-10-3-6-17(7-4-10)14(20)16-9-12-8-11(13(18)19)2-5-15-12/h2,5,8,10H,3-4,6-7,9H2,1H3,(H,16,20)(H,18,19). The summed E-state index contributed by atoms with van der Waals surface area (Å²) in [5.74, 6) is -0.321. The third kappa shape index (κ3) is 3.69. The monoisotopic (exact) mass is 277 g/mol. The highest BCUT2D eigenvalue weighted by Gasteiger charge is 2.19. The number of nitrogens with one attached hydrogen (secondary N) is 1. The van der Waals surface area contributed by atoms with E-state index in [4.69, 9.17) is 5.11 Å². The zero-order valence-electron chi connectivity index (χ0n) is 11.5. The van der Waals surface area contributed by atoms with Gasteiger partial charge < -0.3 is 15.3 Å². The van der Waals surface area contributed by atoms with Crippen molar-refractivity contribution in [3.05, 3.63) is 29.6 Å². The molecule has 0 aliphatic carbocycles. The molecular weight excluding hydrogens is 258 g/mol. The highest BCUT2D eigenvalue weighted by molar-refractivity contribution is 5.87. The lowest BCUT2D eigenvalue weighted by Gasteiger charge is -2.30. The second kappa shape index (κ2) is 6.36. The van der Waals surface area contributed by atoms with Crippen molar-refractivity contribution < 1.29 is 14.7 Å². The zero-order chi connectivity index (χ0) is 14.5. The fraction of sp³-hybridized carbons (Fsp3) is 0.500. The molecule has 20 heavy (non-hydrogen) atoms. The van der Waals surface area contributed by atoms with Crippen molar-refractivity contribution >= 4 is 12.0 Å². The maximum Gasteiger partial charge on any atom is 0.335 e. The zero-order valence-corrected chi connectivity index (χ0v) is 11.5. The lowest BCUT2D eigenvalue weighted by atomic mass is 10.00. The Morgan fingerprint density at radius 1 is 1.45 bits per heavy atom. The van der Waals surface area contributed by atoms with Crippen molar-refractivity contribution in [3.63, 3.8) is 0 Å². The first-order valence-corrected chi connectivity index (χ1v) is 6.77. The predicted molar refractivity (Wildman–Crippen MR) is 73.4 cm³/mol. The average molecular weight is 277 g/mol. The number of rotatable bonds is 3. The number of nitrogens with zero attached hydrogens (tertiary/aromatic N) is 2. The van der Waals surface area contributed by atoms with E-state index in [0.29, 0.717) is 11.6 Å². The number of amides is 2. The van der Waals surface area contributed by atoms with Gasteiger partial charge in [-0.25, -0.2) is 9.59 Å². The minimum Gasteiger partial charge on any atom is -0.478 e. The Balaban J connectivity index is 1.87. The van der Waals surface area contributed by atoms with Crippen molar-refractivity contribution in [2.45, 2.75) is 26.3 Å². The van der Waals surface area contributed by atoms with E-state index in [1.54, 1.807) is 4.90 Å². The van der Waals surface area contributed by atoms with Gasteiger partial charge in [0.2, 0.25) is 0 Å². The summed E-state index contributed by atoms with van der Waals surface area (Å²) >= 11 is 0. The number of likely N-dealkylation sites (tertiary alicyclic amines) is 1. The molecule has 2 amide bonds. The number of carbonyl (C=O) groups excluding carboxylic acids is 1. The van der Waals surface area contributed by atoms with E-state index in [1.165, 1.54) is 18.3 Å². The van der Waals surface area contributed by atoms with E-state index in [1.807, 2.05) is 0 Å². The quantitative estimate of drug-likeness (QED) is 0.881. The normalized spacial score (nSPS) is 15.9. The maximum absolute atomic E-state index is 12.0. The molecule has 108 valence electrons. The molecule has 1 aromatic heterocycles. The lowest BCUT2D eigenvalue weighted by Crippen LogP contribution is -2.43. The largest absolute Gasteiger partial charge is 0.478 e. The molecule has 0 radical (unpaired) electrons. The van der Waals surface area contributed by atoms with Crippen LogP contribution in [0.1, 0.15) is 35.8 Å². The molecule has 0 atom stereocenters. The first-order chi connectivity index (χ1) is 9.56. The second-order valence-electron chi connectivity index (χ2n) is 5.17. The van der Waals surface area contributed by atoms with Crippen LogP contribution in [-0.2, 0) is 6.54 Å². The van der Waals surface area contributed by atoms with Crippen LogP contribution in [0.5, 0.6) is 0 Å². The first-order valence-electron chi connectivity index (χ1n) is 6.77. The summed E-state index contributed by atoms with van der Waals surface area (Å²) in [6.07, 6.45) is 3.49. The molecule has 2 heterocycles. The van der Waals surface area contributed by atoms with Crippen LogP contribution in [0.4, 0.5) is 4.79 Å². The van der Waals surface area contributed by atoms with Gasteiger partial charge in [0.05, 0.1) is 17.8 Å². The van der Waals surface area contributed by atoms with Gasteiger partial charge in [-0.3, -0.25) is 4.98 Å². The highest BCUT2D eigenvalue weighted by Crippen LogP contribution is 2.15. The van der Waals surface area contributed by atoms with Gasteiger partial charge in [0, 0.05) is 19.3 Å². The Bertz CT molecular complexity index is 496. The van der Waals surface area contributed by atoms with Crippen LogP contribution in [0.15, 0.2) is 18.3 Å². The average Bonchev–Trinajstić information content (AvgIpc) is 2.46. The molecule has 2 N–H and O–H groups in total. The maximum atomic E-state index is 12.0. The van der Waals surface area contributed by atoms with E-state index < -0.39 is 5.97 Å². The Morgan fingerprint density at radius 2 is 2.15 bits per heavy atom. The molecule has 1 aliphatic rings. The predicted octanol–water partition coefficient (Wildman–Crippen LogP) is 1.72. The number of piperidine rings is 1. The number of hydrogen-bond donors (Lipinski definition) is 2. The van der Waals surface area contributed by atoms with Gasteiger partial charge in [0.15, 0.2) is 0 Å². The van der Waals surface area contributed by atoms with E-state index in [2.05, 4.69) is 17.2 Å². The summed E-state index contributed by atoms with van der Waals surface area (Å²) in [5.41, 5.74) is 0.722. The first kappa shape index (κ1) is 14.3. The Morgan fingerprint density at radius 3 is 2.80 bits per heavy atom. The van der Waals surface area contributed by atoms with E-state index in [-0.39, 0.29) is 18.1 Å². The summed E-state index contributed by atoms with van der Waals surface area (Å²) in [6.45, 7) is 3.98. The molecule has 0 saturated carbocycles. The van der Waals surface area contributed by atoms with Crippen LogP contribution in [-0.4, -0.2) is 40.1 Å². The lowest BCUT2D eigenvalue weighted by molar-refractivity contribution is 0.0696. The summed E-state index contributed by atoms with van der Waals surface area (Å²) in [5, 5.41) is 11.7. The van der Waals surface area contributed by atoms with Gasteiger partial charge in [-0.15, -0.1) is 0 Å². The van der Waals surface area contributed by atoms with Crippen LogP contribution in [0.25, 0.3) is 0 Å². The fourth-order valence-electron chi connectivity index (χ4n) is 2.20. The summed E-state index contributed by atoms with van der Waals surface area (Å²) in [7, 11) is 0. The molecule has 2 rings (SSSR count). The van der Waals surface area contributed by atoms with Crippen molar-refractivity contribution in [1.29, 1.82) is 0 Å². The summed E-state index contributed by atoms with van der Waals surface area (Å²) in [4.78, 5) is 28.7. The SMILES string of the molecule is CC1CCN(C(=O)NCc2cc(C(=O)O)ccn2)CC1. The number of carbonyl (C=O) groups is 2. The topological polar surface area (TPSA) is 82.5 Å². The van der Waals surface area contributed by atoms with Gasteiger partial charge in [-0.2, -0.15) is 0 Å². The Labute approximate surface area is 117 Å². The number of pyridine rings is 1. The third-order valence-electron chi connectivity index (χ3n) is 3.56. The summed E-state index contributed by atoms with van der Waals surface area (Å²) < 4.78 is 0. The number of carboxylic acids is 1. The van der Waals surface area contributed by atoms with Crippen LogP contribution < -0.4 is 5.32 Å². The molecule has 1 fully saturated rings. The number of aromatic carboxylic acids is 1. The van der Waals surface area contributed by atoms with Crippen LogP contribution >= 0.6 is 0 Å². The van der Waals surface area contributed by atoms with Crippen LogP contribution in [0.2, 0.25) is 0 Å². The van der Waals surface area contributed by atoms with Crippen LogP contribution in [0, 0.1) is 5.92 Å². The molecular formula is C14H19N3O3. The van der Waals surface area contributed by atoms with Crippen molar-refractivity contribution in [3.8, 4) is 0 Å². The van der Waals surface area contributed by atoms with Crippen LogP contribution in [0.3, 0.4) is 0 Å². The van der Waals surface area contributed by atoms with E-state index >= 15 is 0 Å². The Kier molecular flexibility index (Phi) is 4.55. The van der Waals surface area contributed by atoms with E-state index in [0.717, 1.165) is 25.9 Å². The molecule has 0 aromatic carbocycles. The number of carboxylic acid groups (broad SMARTS) is 1. The molecule has 6 nitrogen and oxygen atoms in total.